The number of nitrogens with two attached hydrogens (primary N) is 1. The molecule has 0 saturated heterocycles. The van der Waals surface area contributed by atoms with Gasteiger partial charge in [-0.2, -0.15) is 17.9 Å². The second-order valence-corrected chi connectivity index (χ2v) is 9.49. The molecule has 2 rings (SSSR count). The number of carbonyl (C=O) groups is 1. The molecule has 0 aliphatic heterocycles. The Morgan fingerprint density at radius 3 is 2.30 bits per heavy atom. The number of benzene rings is 2. The lowest BCUT2D eigenvalue weighted by molar-refractivity contribution is -0.139. The molecule has 30 heavy (non-hydrogen) atoms. The van der Waals surface area contributed by atoms with Crippen molar-refractivity contribution < 1.29 is 34.8 Å². The number of hydrogen-bond acceptors (Lipinski definition) is 5. The Kier molecular flexibility index (Phi) is 6.91. The van der Waals surface area contributed by atoms with Gasteiger partial charge in [-0.05, 0) is 36.8 Å². The minimum atomic E-state index is -4.90. The standard InChI is InChI=1S/C17H18F3N3O5S2/c1-11(16(24)22-10-12-5-4-6-13(9-12)29(21,25)26)23-30(27,28)15-8-3-2-7-14(15)17(18,19)20/h2-9,11,23H,10H2,1H3,(H,22,24)(H2,21,25,26)/t11-/m0/s1. The zero-order chi connectivity index (χ0) is 22.7. The van der Waals surface area contributed by atoms with Gasteiger partial charge in [0.2, 0.25) is 26.0 Å². The molecule has 8 nitrogen and oxygen atoms in total. The van der Waals surface area contributed by atoms with Gasteiger partial charge in [-0.15, -0.1) is 0 Å². The van der Waals surface area contributed by atoms with Crippen LogP contribution in [-0.2, 0) is 37.6 Å². The summed E-state index contributed by atoms with van der Waals surface area (Å²) in [5.74, 6) is -0.830. The molecule has 2 aromatic rings. The summed E-state index contributed by atoms with van der Waals surface area (Å²) in [5.41, 5.74) is -0.989. The third-order valence-electron chi connectivity index (χ3n) is 3.90. The van der Waals surface area contributed by atoms with Gasteiger partial charge in [0.15, 0.2) is 0 Å². The number of rotatable bonds is 7. The predicted octanol–water partition coefficient (Wildman–Crippen LogP) is 1.34. The van der Waals surface area contributed by atoms with Crippen LogP contribution >= 0.6 is 0 Å². The van der Waals surface area contributed by atoms with Crippen molar-refractivity contribution in [2.45, 2.75) is 35.5 Å². The van der Waals surface area contributed by atoms with E-state index in [-0.39, 0.29) is 11.4 Å². The Bertz CT molecular complexity index is 1150. The molecule has 0 aliphatic rings. The molecular formula is C17H18F3N3O5S2. The number of amides is 1. The number of hydrogen-bond donors (Lipinski definition) is 3. The molecular weight excluding hydrogens is 447 g/mol. The quantitative estimate of drug-likeness (QED) is 0.567. The SMILES string of the molecule is C[C@H](NS(=O)(=O)c1ccccc1C(F)(F)F)C(=O)NCc1cccc(S(N)(=O)=O)c1. The van der Waals surface area contributed by atoms with Gasteiger partial charge in [0, 0.05) is 6.54 Å². The molecule has 1 atom stereocenters. The summed E-state index contributed by atoms with van der Waals surface area (Å²) >= 11 is 0. The second kappa shape index (κ2) is 8.71. The van der Waals surface area contributed by atoms with Crippen molar-refractivity contribution in [3.8, 4) is 0 Å². The zero-order valence-electron chi connectivity index (χ0n) is 15.5. The zero-order valence-corrected chi connectivity index (χ0v) is 17.1. The van der Waals surface area contributed by atoms with Crippen molar-refractivity contribution >= 4 is 26.0 Å². The average molecular weight is 465 g/mol. The van der Waals surface area contributed by atoms with Crippen molar-refractivity contribution in [3.05, 3.63) is 59.7 Å². The second-order valence-electron chi connectivity index (χ2n) is 6.25. The lowest BCUT2D eigenvalue weighted by Crippen LogP contribution is -2.44. The summed E-state index contributed by atoms with van der Waals surface area (Å²) in [6.45, 7) is 0.997. The largest absolute Gasteiger partial charge is 0.417 e. The maximum Gasteiger partial charge on any atom is 0.417 e. The van der Waals surface area contributed by atoms with Crippen LogP contribution in [0.15, 0.2) is 58.3 Å². The van der Waals surface area contributed by atoms with Crippen LogP contribution in [0.5, 0.6) is 0 Å². The van der Waals surface area contributed by atoms with E-state index in [2.05, 4.69) is 5.32 Å². The lowest BCUT2D eigenvalue weighted by atomic mass is 10.2. The maximum atomic E-state index is 13.1. The molecule has 164 valence electrons. The number of alkyl halides is 3. The van der Waals surface area contributed by atoms with Gasteiger partial charge in [-0.25, -0.2) is 22.0 Å². The number of nitrogens with one attached hydrogen (secondary N) is 2. The number of carbonyl (C=O) groups excluding carboxylic acids is 1. The smallest absolute Gasteiger partial charge is 0.351 e. The Morgan fingerprint density at radius 2 is 1.70 bits per heavy atom. The first-order valence-electron chi connectivity index (χ1n) is 8.30. The highest BCUT2D eigenvalue weighted by Crippen LogP contribution is 2.33. The maximum absolute atomic E-state index is 13.1. The summed E-state index contributed by atoms with van der Waals surface area (Å²) in [6, 6.07) is 7.58. The van der Waals surface area contributed by atoms with Gasteiger partial charge >= 0.3 is 6.18 Å². The molecule has 0 unspecified atom stereocenters. The summed E-state index contributed by atoms with van der Waals surface area (Å²) in [7, 11) is -8.60. The van der Waals surface area contributed by atoms with Crippen LogP contribution in [0.3, 0.4) is 0 Å². The first kappa shape index (κ1) is 23.8. The van der Waals surface area contributed by atoms with Gasteiger partial charge in [-0.3, -0.25) is 4.79 Å². The number of halogens is 3. The van der Waals surface area contributed by atoms with E-state index in [1.165, 1.54) is 24.3 Å². The highest BCUT2D eigenvalue weighted by atomic mass is 32.2. The Morgan fingerprint density at radius 1 is 1.07 bits per heavy atom. The van der Waals surface area contributed by atoms with Gasteiger partial charge in [0.05, 0.1) is 21.4 Å². The van der Waals surface area contributed by atoms with E-state index < -0.39 is 48.6 Å². The minimum absolute atomic E-state index is 0.159. The Hall–Kier alpha value is -2.48. The van der Waals surface area contributed by atoms with Crippen LogP contribution < -0.4 is 15.2 Å². The van der Waals surface area contributed by atoms with Crippen LogP contribution in [0.2, 0.25) is 0 Å². The van der Waals surface area contributed by atoms with Gasteiger partial charge in [0.1, 0.15) is 0 Å². The van der Waals surface area contributed by atoms with Gasteiger partial charge in [-0.1, -0.05) is 24.3 Å². The lowest BCUT2D eigenvalue weighted by Gasteiger charge is -2.17. The van der Waals surface area contributed by atoms with Crippen molar-refractivity contribution in [2.24, 2.45) is 5.14 Å². The summed E-state index contributed by atoms with van der Waals surface area (Å²) in [4.78, 5) is 11.0. The normalized spacial score (nSPS) is 13.6. The van der Waals surface area contributed by atoms with Crippen LogP contribution in [0.25, 0.3) is 0 Å². The van der Waals surface area contributed by atoms with Crippen molar-refractivity contribution in [2.75, 3.05) is 0 Å². The number of sulfonamides is 2. The molecule has 0 saturated carbocycles. The first-order valence-corrected chi connectivity index (χ1v) is 11.3. The first-order chi connectivity index (χ1) is 13.7. The molecule has 1 amide bonds. The van der Waals surface area contributed by atoms with E-state index in [1.807, 2.05) is 4.72 Å². The molecule has 0 radical (unpaired) electrons. The van der Waals surface area contributed by atoms with Crippen LogP contribution in [0, 0.1) is 0 Å². The van der Waals surface area contributed by atoms with Crippen molar-refractivity contribution in [1.29, 1.82) is 0 Å². The molecule has 0 aliphatic carbocycles. The van der Waals surface area contributed by atoms with E-state index in [0.717, 1.165) is 25.1 Å². The van der Waals surface area contributed by atoms with E-state index in [1.54, 1.807) is 0 Å². The fourth-order valence-electron chi connectivity index (χ4n) is 2.46. The van der Waals surface area contributed by atoms with Gasteiger partial charge < -0.3 is 5.32 Å². The molecule has 0 fully saturated rings. The fraction of sp³-hybridized carbons (Fsp3) is 0.235. The van der Waals surface area contributed by atoms with E-state index >= 15 is 0 Å². The number of primary sulfonamides is 1. The molecule has 13 heteroatoms. The average Bonchev–Trinajstić information content (AvgIpc) is 2.64. The third-order valence-corrected chi connectivity index (χ3v) is 6.41. The van der Waals surface area contributed by atoms with E-state index in [0.29, 0.717) is 11.6 Å². The molecule has 0 bridgehead atoms. The van der Waals surface area contributed by atoms with E-state index in [4.69, 9.17) is 5.14 Å². The van der Waals surface area contributed by atoms with E-state index in [9.17, 15) is 34.8 Å². The van der Waals surface area contributed by atoms with Crippen LogP contribution in [0.4, 0.5) is 13.2 Å². The summed E-state index contributed by atoms with van der Waals surface area (Å²) in [6.07, 6.45) is -4.90. The van der Waals surface area contributed by atoms with Gasteiger partial charge in [0.25, 0.3) is 0 Å². The monoisotopic (exact) mass is 465 g/mol. The van der Waals surface area contributed by atoms with Crippen molar-refractivity contribution in [3.63, 3.8) is 0 Å². The van der Waals surface area contributed by atoms with Crippen LogP contribution in [-0.4, -0.2) is 28.8 Å². The molecule has 4 N–H and O–H groups in total. The van der Waals surface area contributed by atoms with Crippen LogP contribution in [0.1, 0.15) is 18.1 Å². The third kappa shape index (κ3) is 6.01. The summed E-state index contributed by atoms with van der Waals surface area (Å²) < 4.78 is 88.6. The summed E-state index contributed by atoms with van der Waals surface area (Å²) in [5, 5.41) is 7.40. The predicted molar refractivity (Wildman–Crippen MR) is 101 cm³/mol. The molecule has 0 heterocycles. The highest BCUT2D eigenvalue weighted by Gasteiger charge is 2.37. The fourth-order valence-corrected chi connectivity index (χ4v) is 4.47. The Labute approximate surface area is 171 Å². The molecule has 0 aromatic heterocycles. The Balaban J connectivity index is 2.11. The minimum Gasteiger partial charge on any atom is -0.351 e. The topological polar surface area (TPSA) is 135 Å². The highest BCUT2D eigenvalue weighted by molar-refractivity contribution is 7.89. The van der Waals surface area contributed by atoms with Crippen molar-refractivity contribution in [1.82, 2.24) is 10.0 Å². The molecule has 0 spiro atoms. The molecule has 2 aromatic carbocycles.